The number of halogens is 1. The predicted octanol–water partition coefficient (Wildman–Crippen LogP) is 3.34. The Balaban J connectivity index is 2.18. The van der Waals surface area contributed by atoms with Crippen molar-refractivity contribution in [2.45, 2.75) is 5.16 Å². The molecule has 1 aromatic carbocycles. The first-order valence-corrected chi connectivity index (χ1v) is 7.32. The van der Waals surface area contributed by atoms with Crippen LogP contribution in [0.15, 0.2) is 35.5 Å². The van der Waals surface area contributed by atoms with Crippen LogP contribution in [0.3, 0.4) is 0 Å². The average molecular weight is 278 g/mol. The Bertz CT molecular complexity index is 570. The molecule has 3 rings (SSSR count). The van der Waals surface area contributed by atoms with Gasteiger partial charge in [0.2, 0.25) is 0 Å². The van der Waals surface area contributed by atoms with E-state index in [9.17, 15) is 0 Å². The fraction of sp³-hybridized carbons (Fsp3) is 0.231. The molecule has 0 saturated carbocycles. The van der Waals surface area contributed by atoms with E-state index < -0.39 is 0 Å². The first kappa shape index (κ1) is 11.8. The van der Waals surface area contributed by atoms with Gasteiger partial charge in [-0.1, -0.05) is 53.7 Å². The number of aromatic nitrogens is 2. The van der Waals surface area contributed by atoms with Gasteiger partial charge < -0.3 is 4.90 Å². The maximum atomic E-state index is 6.33. The van der Waals surface area contributed by atoms with Gasteiger partial charge in [-0.15, -0.1) is 0 Å². The second kappa shape index (κ2) is 4.78. The number of hydrogen-bond acceptors (Lipinski definition) is 4. The quantitative estimate of drug-likeness (QED) is 0.372. The molecule has 1 aromatic heterocycles. The van der Waals surface area contributed by atoms with Gasteiger partial charge >= 0.3 is 0 Å². The minimum atomic E-state index is 0.530. The molecule has 0 amide bonds. The van der Waals surface area contributed by atoms with E-state index in [-0.39, 0.29) is 0 Å². The maximum absolute atomic E-state index is 6.33. The zero-order valence-corrected chi connectivity index (χ0v) is 11.5. The summed E-state index contributed by atoms with van der Waals surface area (Å²) in [4.78, 5) is 11.1. The molecule has 5 heteroatoms. The Kier molecular flexibility index (Phi) is 3.14. The van der Waals surface area contributed by atoms with Gasteiger partial charge in [-0.25, -0.2) is 9.97 Å². The SMILES string of the molecule is CSc1nc(Cl)c(-c2ccccc2)c(N2CC2)n1. The molecule has 2 heterocycles. The number of thioether (sulfide) groups is 1. The molecule has 0 aliphatic carbocycles. The standard InChI is InChI=1S/C13H12ClN3S/c1-18-13-15-11(14)10(9-5-3-2-4-6-9)12(16-13)17-7-8-17/h2-6H,7-8H2,1H3. The van der Waals surface area contributed by atoms with E-state index in [0.29, 0.717) is 5.15 Å². The fourth-order valence-corrected chi connectivity index (χ4v) is 2.52. The van der Waals surface area contributed by atoms with Gasteiger partial charge in [-0.05, 0) is 11.8 Å². The minimum Gasteiger partial charge on any atom is -0.352 e. The van der Waals surface area contributed by atoms with Gasteiger partial charge in [0.15, 0.2) is 5.16 Å². The van der Waals surface area contributed by atoms with E-state index in [1.165, 1.54) is 11.8 Å². The summed E-state index contributed by atoms with van der Waals surface area (Å²) in [6.45, 7) is 2.09. The first-order chi connectivity index (χ1) is 8.79. The third-order valence-corrected chi connectivity index (χ3v) is 3.64. The van der Waals surface area contributed by atoms with Crippen molar-refractivity contribution in [1.82, 2.24) is 9.97 Å². The van der Waals surface area contributed by atoms with Gasteiger partial charge in [-0.2, -0.15) is 0 Å². The number of anilines is 1. The predicted molar refractivity (Wildman–Crippen MR) is 76.5 cm³/mol. The smallest absolute Gasteiger partial charge is 0.190 e. The summed E-state index contributed by atoms with van der Waals surface area (Å²) in [6, 6.07) is 10.1. The van der Waals surface area contributed by atoms with Crippen LogP contribution in [0.4, 0.5) is 5.82 Å². The molecule has 2 aromatic rings. The zero-order valence-electron chi connectivity index (χ0n) is 9.93. The number of hydrogen-bond donors (Lipinski definition) is 0. The molecule has 0 bridgehead atoms. The van der Waals surface area contributed by atoms with Crippen molar-refractivity contribution in [2.24, 2.45) is 0 Å². The summed E-state index contributed by atoms with van der Waals surface area (Å²) in [7, 11) is 0. The third-order valence-electron chi connectivity index (χ3n) is 2.82. The molecule has 1 aliphatic rings. The van der Waals surface area contributed by atoms with Gasteiger partial charge in [-0.3, -0.25) is 0 Å². The Morgan fingerprint density at radius 3 is 2.50 bits per heavy atom. The van der Waals surface area contributed by atoms with E-state index in [2.05, 4.69) is 14.9 Å². The molecule has 0 radical (unpaired) electrons. The van der Waals surface area contributed by atoms with Gasteiger partial charge in [0.25, 0.3) is 0 Å². The molecule has 3 nitrogen and oxygen atoms in total. The summed E-state index contributed by atoms with van der Waals surface area (Å²) < 4.78 is 0. The highest BCUT2D eigenvalue weighted by Crippen LogP contribution is 2.37. The van der Waals surface area contributed by atoms with Crippen molar-refractivity contribution in [1.29, 1.82) is 0 Å². The molecule has 0 atom stereocenters. The number of benzene rings is 1. The molecular weight excluding hydrogens is 266 g/mol. The maximum Gasteiger partial charge on any atom is 0.190 e. The van der Waals surface area contributed by atoms with E-state index in [1.54, 1.807) is 0 Å². The number of nitrogens with zero attached hydrogens (tertiary/aromatic N) is 3. The first-order valence-electron chi connectivity index (χ1n) is 5.71. The zero-order chi connectivity index (χ0) is 12.5. The van der Waals surface area contributed by atoms with Crippen LogP contribution in [0.5, 0.6) is 0 Å². The molecule has 1 saturated heterocycles. The van der Waals surface area contributed by atoms with Crippen LogP contribution in [0.2, 0.25) is 5.15 Å². The fourth-order valence-electron chi connectivity index (χ4n) is 1.84. The summed E-state index contributed by atoms with van der Waals surface area (Å²) in [6.07, 6.45) is 1.96. The van der Waals surface area contributed by atoms with E-state index in [0.717, 1.165) is 35.2 Å². The summed E-state index contributed by atoms with van der Waals surface area (Å²) in [5.74, 6) is 0.950. The highest BCUT2D eigenvalue weighted by molar-refractivity contribution is 7.98. The van der Waals surface area contributed by atoms with E-state index in [4.69, 9.17) is 11.6 Å². The Hall–Kier alpha value is -1.26. The lowest BCUT2D eigenvalue weighted by Gasteiger charge is -2.12. The Morgan fingerprint density at radius 1 is 1.17 bits per heavy atom. The third kappa shape index (κ3) is 2.18. The van der Waals surface area contributed by atoms with Crippen LogP contribution in [-0.4, -0.2) is 29.3 Å². The second-order valence-electron chi connectivity index (χ2n) is 4.05. The summed E-state index contributed by atoms with van der Waals surface area (Å²) in [5, 5.41) is 1.25. The average Bonchev–Trinajstić information content (AvgIpc) is 3.23. The summed E-state index contributed by atoms with van der Waals surface area (Å²) in [5.41, 5.74) is 2.00. The Morgan fingerprint density at radius 2 is 1.89 bits per heavy atom. The molecule has 0 spiro atoms. The van der Waals surface area contributed by atoms with Gasteiger partial charge in [0.05, 0.1) is 5.56 Å². The molecule has 0 N–H and O–H groups in total. The topological polar surface area (TPSA) is 28.8 Å². The molecule has 18 heavy (non-hydrogen) atoms. The van der Waals surface area contributed by atoms with Crippen molar-refractivity contribution in [2.75, 3.05) is 24.2 Å². The van der Waals surface area contributed by atoms with Crippen LogP contribution >= 0.6 is 23.4 Å². The molecule has 92 valence electrons. The van der Waals surface area contributed by atoms with Crippen LogP contribution in [0.1, 0.15) is 0 Å². The van der Waals surface area contributed by atoms with Crippen molar-refractivity contribution >= 4 is 29.2 Å². The van der Waals surface area contributed by atoms with Crippen molar-refractivity contribution in [3.63, 3.8) is 0 Å². The monoisotopic (exact) mass is 277 g/mol. The molecule has 0 unspecified atom stereocenters. The van der Waals surface area contributed by atoms with E-state index in [1.807, 2.05) is 36.6 Å². The van der Waals surface area contributed by atoms with Crippen LogP contribution < -0.4 is 4.90 Å². The Labute approximate surface area is 115 Å². The lowest BCUT2D eigenvalue weighted by atomic mass is 10.1. The van der Waals surface area contributed by atoms with Crippen molar-refractivity contribution < 1.29 is 0 Å². The lowest BCUT2D eigenvalue weighted by Crippen LogP contribution is -2.02. The number of rotatable bonds is 3. The van der Waals surface area contributed by atoms with E-state index >= 15 is 0 Å². The highest BCUT2D eigenvalue weighted by Gasteiger charge is 2.26. The minimum absolute atomic E-state index is 0.530. The molecule has 1 fully saturated rings. The largest absolute Gasteiger partial charge is 0.352 e. The van der Waals surface area contributed by atoms with Crippen molar-refractivity contribution in [3.8, 4) is 11.1 Å². The second-order valence-corrected chi connectivity index (χ2v) is 5.18. The normalized spacial score (nSPS) is 13.8. The van der Waals surface area contributed by atoms with Gasteiger partial charge in [0, 0.05) is 13.1 Å². The highest BCUT2D eigenvalue weighted by atomic mass is 35.5. The van der Waals surface area contributed by atoms with Crippen LogP contribution in [0.25, 0.3) is 11.1 Å². The molecule has 1 aliphatic heterocycles. The van der Waals surface area contributed by atoms with Crippen LogP contribution in [-0.2, 0) is 0 Å². The van der Waals surface area contributed by atoms with Crippen LogP contribution in [0, 0.1) is 0 Å². The summed E-state index contributed by atoms with van der Waals surface area (Å²) >= 11 is 7.84. The lowest BCUT2D eigenvalue weighted by molar-refractivity contribution is 0.964. The van der Waals surface area contributed by atoms with Gasteiger partial charge in [0.1, 0.15) is 11.0 Å². The molecular formula is C13H12ClN3S. The van der Waals surface area contributed by atoms with Crippen molar-refractivity contribution in [3.05, 3.63) is 35.5 Å².